The summed E-state index contributed by atoms with van der Waals surface area (Å²) in [5.41, 5.74) is 0. The third-order valence-corrected chi connectivity index (χ3v) is 1.28. The fourth-order valence-corrected chi connectivity index (χ4v) is 0.762. The van der Waals surface area contributed by atoms with E-state index < -0.39 is 0 Å². The summed E-state index contributed by atoms with van der Waals surface area (Å²) in [5.74, 6) is 0. The largest absolute Gasteiger partial charge is 1.00 e. The van der Waals surface area contributed by atoms with Gasteiger partial charge in [0.15, 0.2) is 0 Å². The number of hydrogen-bond donors (Lipinski definition) is 1. The van der Waals surface area contributed by atoms with Crippen LogP contribution < -0.4 is 17.0 Å². The van der Waals surface area contributed by atoms with Gasteiger partial charge in [-0.15, -0.1) is 0 Å². The molecule has 0 N–H and O–H groups in total. The van der Waals surface area contributed by atoms with Gasteiger partial charge in [-0.3, -0.25) is 0 Å². The lowest BCUT2D eigenvalue weighted by Crippen LogP contribution is -3.00. The van der Waals surface area contributed by atoms with Crippen molar-refractivity contribution in [3.05, 3.63) is 18.7 Å². The van der Waals surface area contributed by atoms with Crippen LogP contribution in [0.25, 0.3) is 0 Å². The minimum atomic E-state index is 0. The lowest BCUT2D eigenvalue weighted by atomic mass is 10.7. The second kappa shape index (κ2) is 3.80. The van der Waals surface area contributed by atoms with E-state index in [4.69, 9.17) is 0 Å². The summed E-state index contributed by atoms with van der Waals surface area (Å²) in [6, 6.07) is 0. The highest BCUT2D eigenvalue weighted by molar-refractivity contribution is 7.78. The molecule has 0 aliphatic rings. The number of hydrogen-bond acceptors (Lipinski definition) is 1. The van der Waals surface area contributed by atoms with E-state index in [0.29, 0.717) is 0 Å². The maximum absolute atomic E-state index is 4.06. The Bertz CT molecular complexity index is 175. The van der Waals surface area contributed by atoms with Gasteiger partial charge < -0.3 is 12.4 Å². The summed E-state index contributed by atoms with van der Waals surface area (Å²) in [7, 11) is 0. The summed E-state index contributed by atoms with van der Waals surface area (Å²) >= 11 is 4.06. The van der Waals surface area contributed by atoms with Crippen molar-refractivity contribution < 1.29 is 17.0 Å². The predicted molar refractivity (Wildman–Crippen MR) is 34.7 cm³/mol. The third-order valence-electron chi connectivity index (χ3n) is 1.04. The molecule has 0 amide bonds. The number of aryl methyl sites for hydroxylation is 1. The van der Waals surface area contributed by atoms with Crippen LogP contribution in [0.15, 0.2) is 18.7 Å². The first-order chi connectivity index (χ1) is 3.83. The molecule has 2 nitrogen and oxygen atoms in total. The molecule has 0 saturated heterocycles. The van der Waals surface area contributed by atoms with Crippen molar-refractivity contribution in [2.24, 2.45) is 0 Å². The minimum absolute atomic E-state index is 0. The first-order valence-corrected chi connectivity index (χ1v) is 2.99. The van der Waals surface area contributed by atoms with Gasteiger partial charge in [0.25, 0.3) is 6.33 Å². The molecule has 1 rings (SSSR count). The SMILES string of the molecule is CC[n+]1ccn(S)c1.[Cl-]. The molecule has 0 atom stereocenters. The van der Waals surface area contributed by atoms with Crippen LogP contribution in [0.2, 0.25) is 0 Å². The molecular weight excluding hydrogens is 156 g/mol. The Morgan fingerprint density at radius 1 is 1.67 bits per heavy atom. The summed E-state index contributed by atoms with van der Waals surface area (Å²) in [6.45, 7) is 3.10. The molecule has 4 heteroatoms. The normalized spacial score (nSPS) is 8.67. The number of imidazole rings is 1. The third kappa shape index (κ3) is 2.28. The Labute approximate surface area is 66.5 Å². The van der Waals surface area contributed by atoms with Crippen LogP contribution in [0.1, 0.15) is 6.92 Å². The molecule has 0 unspecified atom stereocenters. The molecule has 0 saturated carbocycles. The second-order valence-corrected chi connectivity index (χ2v) is 2.09. The topological polar surface area (TPSA) is 8.81 Å². The van der Waals surface area contributed by atoms with E-state index in [0.717, 1.165) is 6.54 Å². The molecule has 0 fully saturated rings. The van der Waals surface area contributed by atoms with Crippen LogP contribution >= 0.6 is 12.8 Å². The Kier molecular flexibility index (Phi) is 3.73. The molecule has 0 spiro atoms. The van der Waals surface area contributed by atoms with Crippen molar-refractivity contribution in [3.63, 3.8) is 0 Å². The molecule has 1 aromatic heterocycles. The zero-order chi connectivity index (χ0) is 5.98. The number of rotatable bonds is 1. The number of thiol groups is 1. The quantitative estimate of drug-likeness (QED) is 0.347. The summed E-state index contributed by atoms with van der Waals surface area (Å²) in [4.78, 5) is 0. The van der Waals surface area contributed by atoms with Crippen LogP contribution in [0.5, 0.6) is 0 Å². The van der Waals surface area contributed by atoms with Gasteiger partial charge in [-0.25, -0.2) is 4.57 Å². The smallest absolute Gasteiger partial charge is 0.255 e. The van der Waals surface area contributed by atoms with Gasteiger partial charge in [-0.2, -0.15) is 3.97 Å². The Balaban J connectivity index is 0.000000640. The highest BCUT2D eigenvalue weighted by Gasteiger charge is 1.93. The summed E-state index contributed by atoms with van der Waals surface area (Å²) in [6.07, 6.45) is 5.79. The molecule has 0 radical (unpaired) electrons. The van der Waals surface area contributed by atoms with Crippen LogP contribution in [0.4, 0.5) is 0 Å². The standard InChI is InChI=1S/C5H9N2S.ClH/c1-2-6-3-4-7(8)5-6;/h3-5,8H,2H2,1H3;1H/q+1;/p-1. The van der Waals surface area contributed by atoms with E-state index in [1.54, 1.807) is 3.97 Å². The molecule has 1 heterocycles. The van der Waals surface area contributed by atoms with Gasteiger partial charge in [-0.05, 0) is 6.92 Å². The fourth-order valence-electron chi connectivity index (χ4n) is 0.570. The van der Waals surface area contributed by atoms with Gasteiger partial charge in [0.1, 0.15) is 12.4 Å². The Hall–Kier alpha value is -0.150. The molecular formula is C5H9ClN2S. The summed E-state index contributed by atoms with van der Waals surface area (Å²) in [5, 5.41) is 0. The summed E-state index contributed by atoms with van der Waals surface area (Å²) < 4.78 is 3.77. The van der Waals surface area contributed by atoms with E-state index in [1.165, 1.54) is 0 Å². The minimum Gasteiger partial charge on any atom is -1.00 e. The van der Waals surface area contributed by atoms with Gasteiger partial charge in [0.05, 0.1) is 6.54 Å². The van der Waals surface area contributed by atoms with Crippen molar-refractivity contribution in [1.29, 1.82) is 0 Å². The van der Waals surface area contributed by atoms with Gasteiger partial charge in [-0.1, -0.05) is 0 Å². The van der Waals surface area contributed by atoms with Crippen LogP contribution in [0.3, 0.4) is 0 Å². The van der Waals surface area contributed by atoms with Gasteiger partial charge >= 0.3 is 0 Å². The number of halogens is 1. The van der Waals surface area contributed by atoms with E-state index in [9.17, 15) is 0 Å². The van der Waals surface area contributed by atoms with Crippen molar-refractivity contribution in [3.8, 4) is 0 Å². The zero-order valence-corrected chi connectivity index (χ0v) is 6.81. The average molecular weight is 165 g/mol. The zero-order valence-electron chi connectivity index (χ0n) is 5.16. The molecule has 0 bridgehead atoms. The van der Waals surface area contributed by atoms with E-state index in [1.807, 2.05) is 23.3 Å². The van der Waals surface area contributed by atoms with Crippen LogP contribution in [-0.4, -0.2) is 3.97 Å². The Morgan fingerprint density at radius 2 is 2.33 bits per heavy atom. The average Bonchev–Trinajstić information content (AvgIpc) is 2.14. The van der Waals surface area contributed by atoms with Crippen LogP contribution in [0, 0.1) is 0 Å². The second-order valence-electron chi connectivity index (χ2n) is 1.62. The first-order valence-electron chi connectivity index (χ1n) is 2.59. The highest BCUT2D eigenvalue weighted by Crippen LogP contribution is 1.82. The maximum Gasteiger partial charge on any atom is 0.255 e. The molecule has 0 aromatic carbocycles. The van der Waals surface area contributed by atoms with Crippen molar-refractivity contribution in [2.45, 2.75) is 13.5 Å². The first kappa shape index (κ1) is 8.85. The highest BCUT2D eigenvalue weighted by atomic mass is 35.5. The number of aromatic nitrogens is 2. The van der Waals surface area contributed by atoms with Crippen molar-refractivity contribution in [2.75, 3.05) is 0 Å². The lowest BCUT2D eigenvalue weighted by Gasteiger charge is -1.80. The molecule has 1 aromatic rings. The molecule has 0 aliphatic carbocycles. The fraction of sp³-hybridized carbons (Fsp3) is 0.400. The maximum atomic E-state index is 4.06. The lowest BCUT2D eigenvalue weighted by molar-refractivity contribution is -0.692. The molecule has 52 valence electrons. The van der Waals surface area contributed by atoms with Gasteiger partial charge in [0.2, 0.25) is 0 Å². The predicted octanol–water partition coefficient (Wildman–Crippen LogP) is -2.51. The van der Waals surface area contributed by atoms with Crippen molar-refractivity contribution in [1.82, 2.24) is 3.97 Å². The van der Waals surface area contributed by atoms with Crippen molar-refractivity contribution >= 4 is 12.8 Å². The Morgan fingerprint density at radius 3 is 2.56 bits per heavy atom. The molecule has 0 aliphatic heterocycles. The number of nitrogens with zero attached hydrogens (tertiary/aromatic N) is 2. The van der Waals surface area contributed by atoms with Gasteiger partial charge in [0, 0.05) is 12.8 Å². The van der Waals surface area contributed by atoms with E-state index >= 15 is 0 Å². The van der Waals surface area contributed by atoms with E-state index in [-0.39, 0.29) is 12.4 Å². The van der Waals surface area contributed by atoms with Crippen LogP contribution in [-0.2, 0) is 6.54 Å². The monoisotopic (exact) mass is 164 g/mol. The molecule has 9 heavy (non-hydrogen) atoms. The van der Waals surface area contributed by atoms with E-state index in [2.05, 4.69) is 19.7 Å².